The Morgan fingerprint density at radius 3 is 2.93 bits per heavy atom. The van der Waals surface area contributed by atoms with E-state index in [9.17, 15) is 9.59 Å². The van der Waals surface area contributed by atoms with Gasteiger partial charge in [-0.15, -0.1) is 0 Å². The van der Waals surface area contributed by atoms with E-state index in [4.69, 9.17) is 14.2 Å². The second-order valence-electron chi connectivity index (χ2n) is 7.21. The molecule has 0 saturated carbocycles. The number of nitrogens with one attached hydrogen (secondary N) is 1. The van der Waals surface area contributed by atoms with Crippen LogP contribution in [-0.2, 0) is 14.3 Å². The molecule has 1 aliphatic carbocycles. The van der Waals surface area contributed by atoms with E-state index in [2.05, 4.69) is 12.2 Å². The highest BCUT2D eigenvalue weighted by Gasteiger charge is 2.39. The molecule has 1 atom stereocenters. The smallest absolute Gasteiger partial charge is 0.336 e. The molecule has 1 aromatic rings. The monoisotopic (exact) mass is 415 g/mol. The lowest BCUT2D eigenvalue weighted by molar-refractivity contribution is -0.138. The molecule has 0 spiro atoms. The summed E-state index contributed by atoms with van der Waals surface area (Å²) in [6, 6.07) is 5.62. The summed E-state index contributed by atoms with van der Waals surface area (Å²) in [6.07, 6.45) is 2.12. The Balaban J connectivity index is 1.72. The van der Waals surface area contributed by atoms with Crippen LogP contribution in [0.25, 0.3) is 0 Å². The maximum absolute atomic E-state index is 13.1. The number of thioether (sulfide) groups is 1. The van der Waals surface area contributed by atoms with Gasteiger partial charge >= 0.3 is 5.97 Å². The number of Topliss-reactive ketones (excluding diaryl/α,β-unsaturated/α-hetero) is 1. The van der Waals surface area contributed by atoms with Gasteiger partial charge < -0.3 is 19.5 Å². The lowest BCUT2D eigenvalue weighted by atomic mass is 9.75. The fraction of sp³-hybridized carbons (Fsp3) is 0.455. The molecule has 7 heteroatoms. The van der Waals surface area contributed by atoms with E-state index in [0.29, 0.717) is 35.7 Å². The van der Waals surface area contributed by atoms with Crippen LogP contribution in [0.4, 0.5) is 0 Å². The highest BCUT2D eigenvalue weighted by atomic mass is 32.2. The number of hydrogen-bond donors (Lipinski definition) is 1. The van der Waals surface area contributed by atoms with E-state index < -0.39 is 5.92 Å². The topological polar surface area (TPSA) is 73.9 Å². The molecule has 0 unspecified atom stereocenters. The standard InChI is InChI=1S/C22H25NO5S/c1-3-29-10-9-26-22(25)19-13(2)23-15-5-4-6-16(24)21(15)20(19)14-7-8-17-18(11-14)28-12-27-17/h7-8,11,20,23H,3-6,9-10,12H2,1-2H3/t20-/m0/s1. The Morgan fingerprint density at radius 2 is 2.10 bits per heavy atom. The number of dihydropyridines is 1. The van der Waals surface area contributed by atoms with Crippen molar-refractivity contribution in [2.45, 2.75) is 39.0 Å². The van der Waals surface area contributed by atoms with Gasteiger partial charge in [0.05, 0.1) is 5.57 Å². The number of rotatable bonds is 6. The van der Waals surface area contributed by atoms with Crippen molar-refractivity contribution in [1.82, 2.24) is 5.32 Å². The number of fused-ring (bicyclic) bond motifs is 1. The van der Waals surface area contributed by atoms with Crippen LogP contribution >= 0.6 is 11.8 Å². The maximum Gasteiger partial charge on any atom is 0.336 e. The summed E-state index contributed by atoms with van der Waals surface area (Å²) < 4.78 is 16.5. The zero-order valence-electron chi connectivity index (χ0n) is 16.7. The van der Waals surface area contributed by atoms with Crippen molar-refractivity contribution in [3.63, 3.8) is 0 Å². The minimum Gasteiger partial charge on any atom is -0.461 e. The van der Waals surface area contributed by atoms with Crippen molar-refractivity contribution < 1.29 is 23.8 Å². The van der Waals surface area contributed by atoms with E-state index in [1.54, 1.807) is 11.8 Å². The predicted molar refractivity (Wildman–Crippen MR) is 111 cm³/mol. The third-order valence-electron chi connectivity index (χ3n) is 5.39. The molecule has 0 radical (unpaired) electrons. The van der Waals surface area contributed by atoms with E-state index in [0.717, 1.165) is 41.3 Å². The van der Waals surface area contributed by atoms with Gasteiger partial charge in [0, 0.05) is 35.1 Å². The largest absolute Gasteiger partial charge is 0.461 e. The second kappa shape index (κ2) is 8.53. The molecule has 0 fully saturated rings. The Labute approximate surface area is 174 Å². The minimum absolute atomic E-state index is 0.0840. The van der Waals surface area contributed by atoms with Crippen molar-refractivity contribution in [1.29, 1.82) is 0 Å². The third-order valence-corrected chi connectivity index (χ3v) is 6.25. The van der Waals surface area contributed by atoms with Crippen molar-refractivity contribution in [3.05, 3.63) is 46.3 Å². The number of ether oxygens (including phenoxy) is 3. The summed E-state index contributed by atoms with van der Waals surface area (Å²) in [5, 5.41) is 3.31. The van der Waals surface area contributed by atoms with Crippen LogP contribution in [0.15, 0.2) is 40.7 Å². The van der Waals surface area contributed by atoms with E-state index in [1.165, 1.54) is 0 Å². The van der Waals surface area contributed by atoms with Gasteiger partial charge in [-0.2, -0.15) is 11.8 Å². The average molecular weight is 416 g/mol. The highest BCUT2D eigenvalue weighted by Crippen LogP contribution is 2.45. The van der Waals surface area contributed by atoms with Crippen LogP contribution in [0.5, 0.6) is 11.5 Å². The molecule has 6 nitrogen and oxygen atoms in total. The van der Waals surface area contributed by atoms with E-state index in [-0.39, 0.29) is 18.5 Å². The summed E-state index contributed by atoms with van der Waals surface area (Å²) in [6.45, 7) is 4.47. The predicted octanol–water partition coefficient (Wildman–Crippen LogP) is 3.68. The van der Waals surface area contributed by atoms with Gasteiger partial charge in [-0.05, 0) is 43.2 Å². The molecule has 0 saturated heterocycles. The first kappa shape index (κ1) is 19.9. The molecule has 1 N–H and O–H groups in total. The zero-order valence-corrected chi connectivity index (χ0v) is 17.5. The number of carbonyl (C=O) groups is 2. The lowest BCUT2D eigenvalue weighted by Crippen LogP contribution is -2.34. The molecule has 4 rings (SSSR count). The van der Waals surface area contributed by atoms with Gasteiger partial charge in [-0.1, -0.05) is 13.0 Å². The number of benzene rings is 1. The van der Waals surface area contributed by atoms with Gasteiger partial charge in [0.1, 0.15) is 6.61 Å². The minimum atomic E-state index is -0.458. The van der Waals surface area contributed by atoms with Gasteiger partial charge in [0.25, 0.3) is 0 Å². The van der Waals surface area contributed by atoms with Crippen molar-refractivity contribution in [2.75, 3.05) is 24.9 Å². The average Bonchev–Trinajstić information content (AvgIpc) is 3.18. The first-order chi connectivity index (χ1) is 14.1. The molecule has 29 heavy (non-hydrogen) atoms. The molecule has 0 amide bonds. The fourth-order valence-corrected chi connectivity index (χ4v) is 4.59. The van der Waals surface area contributed by atoms with Gasteiger partial charge in [-0.3, -0.25) is 4.79 Å². The number of allylic oxidation sites excluding steroid dienone is 3. The molecule has 0 bridgehead atoms. The van der Waals surface area contributed by atoms with E-state index >= 15 is 0 Å². The summed E-state index contributed by atoms with van der Waals surface area (Å²) >= 11 is 1.72. The first-order valence-electron chi connectivity index (χ1n) is 9.98. The quantitative estimate of drug-likeness (QED) is 0.561. The highest BCUT2D eigenvalue weighted by molar-refractivity contribution is 7.99. The summed E-state index contributed by atoms with van der Waals surface area (Å²) in [7, 11) is 0. The summed E-state index contributed by atoms with van der Waals surface area (Å²) in [5.41, 5.74) is 3.68. The van der Waals surface area contributed by atoms with Gasteiger partial charge in [-0.25, -0.2) is 4.79 Å². The normalized spacial score (nSPS) is 20.5. The summed E-state index contributed by atoms with van der Waals surface area (Å²) in [5.74, 6) is 2.29. The van der Waals surface area contributed by atoms with Crippen LogP contribution in [0.1, 0.15) is 44.6 Å². The number of ketones is 1. The van der Waals surface area contributed by atoms with Crippen LogP contribution in [-0.4, -0.2) is 36.7 Å². The summed E-state index contributed by atoms with van der Waals surface area (Å²) in [4.78, 5) is 25.9. The van der Waals surface area contributed by atoms with Crippen LogP contribution in [0.3, 0.4) is 0 Å². The van der Waals surface area contributed by atoms with Crippen LogP contribution < -0.4 is 14.8 Å². The molecule has 2 heterocycles. The number of carbonyl (C=O) groups excluding carboxylic acids is 2. The molecular weight excluding hydrogens is 390 g/mol. The van der Waals surface area contributed by atoms with Crippen molar-refractivity contribution in [2.24, 2.45) is 0 Å². The van der Waals surface area contributed by atoms with Crippen LogP contribution in [0, 0.1) is 0 Å². The second-order valence-corrected chi connectivity index (χ2v) is 8.61. The molecule has 2 aliphatic heterocycles. The molecule has 0 aromatic heterocycles. The molecular formula is C22H25NO5S. The maximum atomic E-state index is 13.1. The Hall–Kier alpha value is -2.41. The van der Waals surface area contributed by atoms with Crippen molar-refractivity contribution in [3.8, 4) is 11.5 Å². The van der Waals surface area contributed by atoms with Crippen molar-refractivity contribution >= 4 is 23.5 Å². The van der Waals surface area contributed by atoms with Gasteiger partial charge in [0.2, 0.25) is 6.79 Å². The third kappa shape index (κ3) is 3.88. The lowest BCUT2D eigenvalue weighted by Gasteiger charge is -2.34. The SMILES string of the molecule is CCSCCOC(=O)C1=C(C)NC2=C(C(=O)CCC2)[C@H]1c1ccc2c(c1)OCO2. The molecule has 3 aliphatic rings. The zero-order chi connectivity index (χ0) is 20.4. The Bertz CT molecular complexity index is 904. The van der Waals surface area contributed by atoms with E-state index in [1.807, 2.05) is 25.1 Å². The Kier molecular flexibility index (Phi) is 5.85. The first-order valence-corrected chi connectivity index (χ1v) is 11.1. The number of hydrogen-bond acceptors (Lipinski definition) is 7. The molecule has 1 aromatic carbocycles. The molecule has 154 valence electrons. The van der Waals surface area contributed by atoms with Crippen LogP contribution in [0.2, 0.25) is 0 Å². The Morgan fingerprint density at radius 1 is 1.28 bits per heavy atom. The van der Waals surface area contributed by atoms with Gasteiger partial charge in [0.15, 0.2) is 17.3 Å². The fourth-order valence-electron chi connectivity index (χ4n) is 4.10. The number of esters is 1.